The summed E-state index contributed by atoms with van der Waals surface area (Å²) >= 11 is 16.0. The fourth-order valence-electron chi connectivity index (χ4n) is 1.19. The van der Waals surface area contributed by atoms with Crippen molar-refractivity contribution in [3.8, 4) is 0 Å². The van der Waals surface area contributed by atoms with E-state index in [0.29, 0.717) is 5.56 Å². The third-order valence-corrected chi connectivity index (χ3v) is 2.12. The predicted molar refractivity (Wildman–Crippen MR) is 62.7 cm³/mol. The highest BCUT2D eigenvalue weighted by Crippen LogP contribution is 2.30. The van der Waals surface area contributed by atoms with Gasteiger partial charge in [-0.25, -0.2) is 0 Å². The third kappa shape index (κ3) is 4.18. The lowest BCUT2D eigenvalue weighted by molar-refractivity contribution is -0.147. The molecular formula is C10H9Cl3O3. The van der Waals surface area contributed by atoms with Crippen LogP contribution in [0, 0.1) is 0 Å². The molecule has 0 aromatic heterocycles. The lowest BCUT2D eigenvalue weighted by atomic mass is 10.0. The molecule has 6 heteroatoms. The number of carbonyl (C=O) groups excluding carboxylic acids is 1. The maximum Gasteiger partial charge on any atom is 0.340 e. The fraction of sp³-hybridized carbons (Fsp3) is 0.300. The SMILES string of the molecule is O=C(OC(Cl)(Cl)Cl)C(CO)c1ccccc1. The van der Waals surface area contributed by atoms with Gasteiger partial charge in [0.25, 0.3) is 0 Å². The van der Waals surface area contributed by atoms with Crippen LogP contribution in [-0.4, -0.2) is 21.7 Å². The average Bonchev–Trinajstić information content (AvgIpc) is 2.17. The van der Waals surface area contributed by atoms with Gasteiger partial charge in [-0.15, -0.1) is 0 Å². The zero-order chi connectivity index (χ0) is 12.2. The Morgan fingerprint density at radius 1 is 1.31 bits per heavy atom. The molecule has 0 radical (unpaired) electrons. The van der Waals surface area contributed by atoms with E-state index in [-0.39, 0.29) is 0 Å². The first kappa shape index (κ1) is 13.6. The maximum atomic E-state index is 11.6. The number of alkyl halides is 3. The monoisotopic (exact) mass is 282 g/mol. The van der Waals surface area contributed by atoms with Gasteiger partial charge in [-0.2, -0.15) is 0 Å². The minimum absolute atomic E-state index is 0.413. The van der Waals surface area contributed by atoms with Crippen molar-refractivity contribution >= 4 is 40.8 Å². The number of carbonyl (C=O) groups is 1. The molecule has 3 nitrogen and oxygen atoms in total. The summed E-state index contributed by atoms with van der Waals surface area (Å²) < 4.78 is 2.43. The van der Waals surface area contributed by atoms with Crippen molar-refractivity contribution in [3.05, 3.63) is 35.9 Å². The number of rotatable bonds is 3. The number of aliphatic hydroxyl groups is 1. The van der Waals surface area contributed by atoms with Gasteiger partial charge in [-0.1, -0.05) is 30.3 Å². The molecule has 0 fully saturated rings. The molecule has 0 aliphatic heterocycles. The zero-order valence-corrected chi connectivity index (χ0v) is 10.3. The van der Waals surface area contributed by atoms with Crippen molar-refractivity contribution < 1.29 is 14.6 Å². The molecule has 0 heterocycles. The van der Waals surface area contributed by atoms with Gasteiger partial charge in [0, 0.05) is 0 Å². The number of benzene rings is 1. The summed E-state index contributed by atoms with van der Waals surface area (Å²) in [4.78, 5) is 11.6. The van der Waals surface area contributed by atoms with Gasteiger partial charge in [-0.3, -0.25) is 4.79 Å². The second-order valence-electron chi connectivity index (χ2n) is 3.01. The number of hydrogen-bond donors (Lipinski definition) is 1. The van der Waals surface area contributed by atoms with E-state index in [0.717, 1.165) is 0 Å². The Morgan fingerprint density at radius 2 is 1.88 bits per heavy atom. The first-order valence-corrected chi connectivity index (χ1v) is 5.53. The third-order valence-electron chi connectivity index (χ3n) is 1.89. The van der Waals surface area contributed by atoms with Gasteiger partial charge in [0.05, 0.1) is 6.61 Å². The van der Waals surface area contributed by atoms with Gasteiger partial charge in [0.2, 0.25) is 0 Å². The van der Waals surface area contributed by atoms with Crippen molar-refractivity contribution in [2.75, 3.05) is 6.61 Å². The fourth-order valence-corrected chi connectivity index (χ4v) is 1.41. The van der Waals surface area contributed by atoms with E-state index in [1.165, 1.54) is 0 Å². The van der Waals surface area contributed by atoms with Crippen LogP contribution in [0.4, 0.5) is 0 Å². The van der Waals surface area contributed by atoms with Crippen molar-refractivity contribution in [3.63, 3.8) is 0 Å². The highest BCUT2D eigenvalue weighted by atomic mass is 35.6. The van der Waals surface area contributed by atoms with Crippen LogP contribution in [0.2, 0.25) is 0 Å². The van der Waals surface area contributed by atoms with Gasteiger partial charge in [0.15, 0.2) is 0 Å². The molecule has 0 amide bonds. The molecule has 1 rings (SSSR count). The smallest absolute Gasteiger partial charge is 0.340 e. The van der Waals surface area contributed by atoms with Crippen LogP contribution >= 0.6 is 34.8 Å². The standard InChI is InChI=1S/C10H9Cl3O3/c11-10(12,13)16-9(15)8(6-14)7-4-2-1-3-5-7/h1-5,8,14H,6H2. The van der Waals surface area contributed by atoms with Crippen molar-refractivity contribution in [1.82, 2.24) is 0 Å². The van der Waals surface area contributed by atoms with Crippen molar-refractivity contribution in [1.29, 1.82) is 0 Å². The molecule has 1 unspecified atom stereocenters. The van der Waals surface area contributed by atoms with E-state index in [4.69, 9.17) is 39.9 Å². The molecule has 0 bridgehead atoms. The molecule has 1 aromatic carbocycles. The molecule has 0 aliphatic carbocycles. The molecule has 1 atom stereocenters. The predicted octanol–water partition coefficient (Wildman–Crippen LogP) is 2.63. The van der Waals surface area contributed by atoms with Gasteiger partial charge in [-0.05, 0) is 40.4 Å². The largest absolute Gasteiger partial charge is 0.414 e. The average molecular weight is 284 g/mol. The number of ether oxygens (including phenoxy) is 1. The quantitative estimate of drug-likeness (QED) is 0.685. The molecule has 0 saturated carbocycles. The van der Waals surface area contributed by atoms with E-state index in [1.54, 1.807) is 30.3 Å². The lowest BCUT2D eigenvalue weighted by Crippen LogP contribution is -2.24. The van der Waals surface area contributed by atoms with Crippen LogP contribution in [0.3, 0.4) is 0 Å². The Labute approximate surface area is 108 Å². The Bertz CT molecular complexity index is 348. The maximum absolute atomic E-state index is 11.6. The Balaban J connectivity index is 2.80. The molecule has 0 aliphatic rings. The van der Waals surface area contributed by atoms with Crippen molar-refractivity contribution in [2.24, 2.45) is 0 Å². The Kier molecular flexibility index (Phi) is 4.87. The number of aliphatic hydroxyl groups excluding tert-OH is 1. The van der Waals surface area contributed by atoms with Gasteiger partial charge >= 0.3 is 9.95 Å². The number of hydrogen-bond acceptors (Lipinski definition) is 3. The number of halogens is 3. The Hall–Kier alpha value is -0.480. The summed E-state index contributed by atoms with van der Waals surface area (Å²) in [6.45, 7) is -0.413. The molecule has 0 saturated heterocycles. The molecule has 88 valence electrons. The molecular weight excluding hydrogens is 274 g/mol. The van der Waals surface area contributed by atoms with E-state index in [9.17, 15) is 4.79 Å². The number of esters is 1. The van der Waals surface area contributed by atoms with E-state index in [2.05, 4.69) is 4.74 Å². The van der Waals surface area contributed by atoms with Crippen molar-refractivity contribution in [2.45, 2.75) is 9.90 Å². The Morgan fingerprint density at radius 3 is 2.31 bits per heavy atom. The summed E-state index contributed by atoms with van der Waals surface area (Å²) in [5.74, 6) is -1.63. The summed E-state index contributed by atoms with van der Waals surface area (Å²) in [6.07, 6.45) is 0. The summed E-state index contributed by atoms with van der Waals surface area (Å²) in [6, 6.07) is 8.63. The molecule has 1 N–H and O–H groups in total. The summed E-state index contributed by atoms with van der Waals surface area (Å²) in [5.41, 5.74) is 0.601. The first-order chi connectivity index (χ1) is 7.44. The lowest BCUT2D eigenvalue weighted by Gasteiger charge is -2.17. The normalized spacial score (nSPS) is 13.2. The van der Waals surface area contributed by atoms with Crippen LogP contribution in [-0.2, 0) is 9.53 Å². The zero-order valence-electron chi connectivity index (χ0n) is 8.07. The first-order valence-electron chi connectivity index (χ1n) is 4.39. The van der Waals surface area contributed by atoms with Crippen LogP contribution in [0.5, 0.6) is 0 Å². The van der Waals surface area contributed by atoms with Gasteiger partial charge < -0.3 is 9.84 Å². The van der Waals surface area contributed by atoms with E-state index >= 15 is 0 Å². The molecule has 16 heavy (non-hydrogen) atoms. The van der Waals surface area contributed by atoms with Crippen LogP contribution < -0.4 is 0 Å². The van der Waals surface area contributed by atoms with E-state index in [1.807, 2.05) is 0 Å². The summed E-state index contributed by atoms with van der Waals surface area (Å²) in [7, 11) is 0. The highest BCUT2D eigenvalue weighted by Gasteiger charge is 2.30. The van der Waals surface area contributed by atoms with Crippen LogP contribution in [0.25, 0.3) is 0 Å². The van der Waals surface area contributed by atoms with Gasteiger partial charge in [0.1, 0.15) is 5.92 Å². The summed E-state index contributed by atoms with van der Waals surface area (Å²) in [5, 5.41) is 9.12. The van der Waals surface area contributed by atoms with Crippen LogP contribution in [0.15, 0.2) is 30.3 Å². The second-order valence-corrected chi connectivity index (χ2v) is 5.19. The minimum atomic E-state index is -2.11. The highest BCUT2D eigenvalue weighted by molar-refractivity contribution is 6.66. The topological polar surface area (TPSA) is 46.5 Å². The molecule has 1 aromatic rings. The van der Waals surface area contributed by atoms with E-state index < -0.39 is 22.5 Å². The molecule has 0 spiro atoms. The minimum Gasteiger partial charge on any atom is -0.414 e. The second kappa shape index (κ2) is 5.73. The van der Waals surface area contributed by atoms with Crippen LogP contribution in [0.1, 0.15) is 11.5 Å².